The number of halogens is 1. The van der Waals surface area contributed by atoms with Gasteiger partial charge >= 0.3 is 0 Å². The van der Waals surface area contributed by atoms with Crippen molar-refractivity contribution < 1.29 is 9.18 Å². The Morgan fingerprint density at radius 1 is 1.16 bits per heavy atom. The van der Waals surface area contributed by atoms with Crippen molar-refractivity contribution in [3.63, 3.8) is 0 Å². The summed E-state index contributed by atoms with van der Waals surface area (Å²) in [5.41, 5.74) is 0.995. The van der Waals surface area contributed by atoms with Gasteiger partial charge in [-0.3, -0.25) is 9.59 Å². The van der Waals surface area contributed by atoms with Gasteiger partial charge in [0.1, 0.15) is 11.5 Å². The van der Waals surface area contributed by atoms with Gasteiger partial charge in [-0.1, -0.05) is 6.07 Å². The van der Waals surface area contributed by atoms with E-state index in [1.165, 1.54) is 24.3 Å². The molecule has 1 aliphatic carbocycles. The number of hydrogen-bond donors (Lipinski definition) is 0. The summed E-state index contributed by atoms with van der Waals surface area (Å²) in [4.78, 5) is 23.8. The first-order valence-electron chi connectivity index (χ1n) is 6.07. The van der Waals surface area contributed by atoms with Crippen molar-refractivity contribution in [2.75, 3.05) is 0 Å². The highest BCUT2D eigenvalue weighted by atomic mass is 19.1. The van der Waals surface area contributed by atoms with Crippen LogP contribution in [0.25, 0.3) is 5.69 Å². The Hall–Kier alpha value is -2.30. The van der Waals surface area contributed by atoms with E-state index in [9.17, 15) is 14.0 Å². The number of aryl methyl sites for hydroxylation is 1. The second kappa shape index (κ2) is 4.42. The normalized spacial score (nSPS) is 14.3. The van der Waals surface area contributed by atoms with E-state index in [0.29, 0.717) is 29.8 Å². The summed E-state index contributed by atoms with van der Waals surface area (Å²) in [6, 6.07) is 7.01. The van der Waals surface area contributed by atoms with Crippen molar-refractivity contribution in [3.8, 4) is 5.69 Å². The Bertz CT molecular complexity index is 722. The summed E-state index contributed by atoms with van der Waals surface area (Å²) < 4.78 is 14.3. The van der Waals surface area contributed by atoms with E-state index in [4.69, 9.17) is 0 Å². The minimum absolute atomic E-state index is 0.0635. The van der Waals surface area contributed by atoms with Gasteiger partial charge in [0.05, 0.1) is 5.69 Å². The van der Waals surface area contributed by atoms with Crippen LogP contribution in [0.15, 0.2) is 35.1 Å². The van der Waals surface area contributed by atoms with Gasteiger partial charge in [-0.15, -0.1) is 0 Å². The number of carbonyl (C=O) groups is 1. The number of hydrogen-bond acceptors (Lipinski definition) is 3. The molecular weight excluding hydrogens is 247 g/mol. The lowest BCUT2D eigenvalue weighted by atomic mass is 9.96. The lowest BCUT2D eigenvalue weighted by molar-refractivity contribution is 0.0965. The molecule has 0 N–H and O–H groups in total. The third-order valence-corrected chi connectivity index (χ3v) is 3.18. The Morgan fingerprint density at radius 3 is 2.79 bits per heavy atom. The first-order valence-corrected chi connectivity index (χ1v) is 6.07. The zero-order valence-electron chi connectivity index (χ0n) is 10.1. The van der Waals surface area contributed by atoms with Crippen LogP contribution in [0.4, 0.5) is 4.39 Å². The van der Waals surface area contributed by atoms with Gasteiger partial charge in [0, 0.05) is 12.5 Å². The summed E-state index contributed by atoms with van der Waals surface area (Å²) in [6.45, 7) is 0. The van der Waals surface area contributed by atoms with E-state index in [-0.39, 0.29) is 11.3 Å². The predicted molar refractivity (Wildman–Crippen MR) is 67.1 cm³/mol. The number of aromatic nitrogens is 2. The number of fused-ring (bicyclic) bond motifs is 1. The molecule has 0 atom stereocenters. The van der Waals surface area contributed by atoms with Crippen LogP contribution in [0.2, 0.25) is 0 Å². The largest absolute Gasteiger partial charge is 0.292 e. The second-order valence-corrected chi connectivity index (χ2v) is 4.52. The van der Waals surface area contributed by atoms with E-state index in [1.54, 1.807) is 6.07 Å². The molecule has 1 heterocycles. The smallest absolute Gasteiger partial charge is 0.271 e. The minimum Gasteiger partial charge on any atom is -0.292 e. The highest BCUT2D eigenvalue weighted by Gasteiger charge is 2.20. The Morgan fingerprint density at radius 2 is 2.00 bits per heavy atom. The van der Waals surface area contributed by atoms with Crippen LogP contribution in [-0.2, 0) is 6.42 Å². The molecule has 0 aliphatic heterocycles. The molecule has 0 radical (unpaired) electrons. The molecule has 1 aromatic carbocycles. The lowest BCUT2D eigenvalue weighted by Crippen LogP contribution is -2.27. The first kappa shape index (κ1) is 11.8. The fourth-order valence-corrected chi connectivity index (χ4v) is 2.27. The van der Waals surface area contributed by atoms with E-state index in [0.717, 1.165) is 11.1 Å². The molecule has 0 saturated carbocycles. The fraction of sp³-hybridized carbons (Fsp3) is 0.214. The van der Waals surface area contributed by atoms with E-state index < -0.39 is 5.82 Å². The van der Waals surface area contributed by atoms with Crippen LogP contribution in [0.5, 0.6) is 0 Å². The molecule has 0 amide bonds. The molecule has 96 valence electrons. The standard InChI is InChI=1S/C14H11FN2O2/c15-10-4-2-5-11(8-10)17-13(19)7-9-3-1-6-12(18)14(9)16-17/h2,4-5,7-8H,1,3,6H2. The van der Waals surface area contributed by atoms with Crippen LogP contribution in [0.1, 0.15) is 28.9 Å². The summed E-state index contributed by atoms with van der Waals surface area (Å²) in [5, 5.41) is 4.09. The van der Waals surface area contributed by atoms with Crippen molar-refractivity contribution in [1.29, 1.82) is 0 Å². The van der Waals surface area contributed by atoms with Crippen LogP contribution >= 0.6 is 0 Å². The van der Waals surface area contributed by atoms with Crippen LogP contribution in [0, 0.1) is 5.82 Å². The van der Waals surface area contributed by atoms with Crippen LogP contribution in [0.3, 0.4) is 0 Å². The Kier molecular flexibility index (Phi) is 2.74. The van der Waals surface area contributed by atoms with Gasteiger partial charge < -0.3 is 0 Å². The second-order valence-electron chi connectivity index (χ2n) is 4.52. The van der Waals surface area contributed by atoms with Crippen molar-refractivity contribution >= 4 is 5.78 Å². The molecule has 3 rings (SSSR count). The summed E-state index contributed by atoms with van der Waals surface area (Å²) >= 11 is 0. The summed E-state index contributed by atoms with van der Waals surface area (Å²) in [6.07, 6.45) is 1.88. The molecule has 0 fully saturated rings. The van der Waals surface area contributed by atoms with Gasteiger partial charge in [-0.2, -0.15) is 9.78 Å². The molecule has 19 heavy (non-hydrogen) atoms. The van der Waals surface area contributed by atoms with E-state index in [1.807, 2.05) is 0 Å². The quantitative estimate of drug-likeness (QED) is 0.785. The topological polar surface area (TPSA) is 52.0 Å². The molecule has 0 spiro atoms. The monoisotopic (exact) mass is 258 g/mol. The average molecular weight is 258 g/mol. The number of ketones is 1. The fourth-order valence-electron chi connectivity index (χ4n) is 2.27. The maximum absolute atomic E-state index is 13.2. The third-order valence-electron chi connectivity index (χ3n) is 3.18. The van der Waals surface area contributed by atoms with Crippen molar-refractivity contribution in [1.82, 2.24) is 9.78 Å². The zero-order chi connectivity index (χ0) is 13.4. The minimum atomic E-state index is -0.449. The number of nitrogens with zero attached hydrogens (tertiary/aromatic N) is 2. The SMILES string of the molecule is O=C1CCCc2cc(=O)n(-c3cccc(F)c3)nc21. The number of rotatable bonds is 1. The summed E-state index contributed by atoms with van der Waals surface area (Å²) in [7, 11) is 0. The molecular formula is C14H11FN2O2. The molecule has 4 nitrogen and oxygen atoms in total. The van der Waals surface area contributed by atoms with Gasteiger partial charge in [-0.25, -0.2) is 4.39 Å². The molecule has 0 saturated heterocycles. The first-order chi connectivity index (χ1) is 9.15. The van der Waals surface area contributed by atoms with Gasteiger partial charge in [0.15, 0.2) is 5.78 Å². The number of Topliss-reactive ketones (excluding diaryl/α,β-unsaturated/α-hetero) is 1. The molecule has 0 bridgehead atoms. The highest BCUT2D eigenvalue weighted by Crippen LogP contribution is 2.18. The van der Waals surface area contributed by atoms with Gasteiger partial charge in [0.2, 0.25) is 0 Å². The van der Waals surface area contributed by atoms with Crippen LogP contribution < -0.4 is 5.56 Å². The maximum Gasteiger partial charge on any atom is 0.271 e. The Labute approximate surface area is 108 Å². The molecule has 5 heteroatoms. The van der Waals surface area contributed by atoms with Crippen molar-refractivity contribution in [3.05, 3.63) is 57.8 Å². The van der Waals surface area contributed by atoms with Crippen molar-refractivity contribution in [2.45, 2.75) is 19.3 Å². The third kappa shape index (κ3) is 2.07. The zero-order valence-corrected chi connectivity index (χ0v) is 10.1. The number of carbonyl (C=O) groups excluding carboxylic acids is 1. The molecule has 1 aromatic heterocycles. The molecule has 1 aliphatic rings. The van der Waals surface area contributed by atoms with Crippen molar-refractivity contribution in [2.24, 2.45) is 0 Å². The molecule has 2 aromatic rings. The maximum atomic E-state index is 13.2. The predicted octanol–water partition coefficient (Wildman–Crippen LogP) is 1.89. The Balaban J connectivity index is 2.20. The van der Waals surface area contributed by atoms with E-state index in [2.05, 4.69) is 5.10 Å². The van der Waals surface area contributed by atoms with Gasteiger partial charge in [-0.05, 0) is 36.6 Å². The van der Waals surface area contributed by atoms with E-state index >= 15 is 0 Å². The number of benzene rings is 1. The van der Waals surface area contributed by atoms with Crippen LogP contribution in [-0.4, -0.2) is 15.6 Å². The van der Waals surface area contributed by atoms with Gasteiger partial charge in [0.25, 0.3) is 5.56 Å². The molecule has 0 unspecified atom stereocenters. The summed E-state index contributed by atoms with van der Waals surface area (Å²) in [5.74, 6) is -0.512. The highest BCUT2D eigenvalue weighted by molar-refractivity contribution is 5.96. The lowest BCUT2D eigenvalue weighted by Gasteiger charge is -2.14. The average Bonchev–Trinajstić information content (AvgIpc) is 2.38.